The third kappa shape index (κ3) is 2.37. The minimum atomic E-state index is 0.845. The summed E-state index contributed by atoms with van der Waals surface area (Å²) in [4.78, 5) is 4.13. The normalized spacial score (nSPS) is 9.89. The maximum Gasteiger partial charge on any atom is 0.0794 e. The maximum absolute atomic E-state index is 4.80. The van der Waals surface area contributed by atoms with E-state index in [1.54, 1.807) is 11.3 Å². The smallest absolute Gasteiger partial charge is 0.0794 e. The van der Waals surface area contributed by atoms with Crippen LogP contribution in [0, 0.1) is 0 Å². The summed E-state index contributed by atoms with van der Waals surface area (Å²) in [6.45, 7) is 0. The molecule has 0 spiro atoms. The van der Waals surface area contributed by atoms with Crippen molar-refractivity contribution in [3.63, 3.8) is 0 Å². The first kappa shape index (κ1) is 7.09. The summed E-state index contributed by atoms with van der Waals surface area (Å²) >= 11 is 6.45. The van der Waals surface area contributed by atoms with E-state index in [1.165, 1.54) is 5.69 Å². The highest BCUT2D eigenvalue weighted by Gasteiger charge is 1.91. The zero-order valence-electron chi connectivity index (χ0n) is 5.04. The molecule has 0 N–H and O–H groups in total. The molecule has 1 aromatic heterocycles. The Morgan fingerprint density at radius 1 is 1.67 bits per heavy atom. The van der Waals surface area contributed by atoms with E-state index < -0.39 is 0 Å². The zero-order chi connectivity index (χ0) is 6.53. The molecule has 0 amide bonds. The van der Waals surface area contributed by atoms with E-state index in [0.29, 0.717) is 0 Å². The van der Waals surface area contributed by atoms with Crippen LogP contribution in [0.2, 0.25) is 0 Å². The van der Waals surface area contributed by atoms with Crippen LogP contribution in [0.4, 0.5) is 0 Å². The first-order chi connectivity index (χ1) is 4.43. The highest BCUT2D eigenvalue weighted by atomic mass is 32.1. The van der Waals surface area contributed by atoms with Gasteiger partial charge in [-0.05, 0) is 12.8 Å². The summed E-state index contributed by atoms with van der Waals surface area (Å²) in [6.07, 6.45) is 2.13. The maximum atomic E-state index is 4.80. The molecule has 0 atom stereocenters. The van der Waals surface area contributed by atoms with E-state index in [-0.39, 0.29) is 0 Å². The fourth-order valence-corrected chi connectivity index (χ4v) is 1.35. The van der Waals surface area contributed by atoms with Gasteiger partial charge in [-0.25, -0.2) is 4.98 Å². The molecule has 0 aliphatic rings. The first-order valence-corrected chi connectivity index (χ1v) is 4.40. The van der Waals surface area contributed by atoms with Gasteiger partial charge in [-0.2, -0.15) is 0 Å². The van der Waals surface area contributed by atoms with Crippen molar-refractivity contribution in [3.05, 3.63) is 16.6 Å². The predicted octanol–water partition coefficient (Wildman–Crippen LogP) is 2.27. The largest absolute Gasteiger partial charge is 0.250 e. The topological polar surface area (TPSA) is 12.9 Å². The molecule has 0 aromatic carbocycles. The Morgan fingerprint density at radius 2 is 2.56 bits per heavy atom. The molecule has 0 saturated carbocycles. The van der Waals surface area contributed by atoms with Crippen LogP contribution >= 0.6 is 24.0 Å². The molecule has 0 unspecified atom stereocenters. The molecular formula is C6H8NS2. The van der Waals surface area contributed by atoms with Crippen molar-refractivity contribution >= 4 is 24.0 Å². The highest BCUT2D eigenvalue weighted by Crippen LogP contribution is 2.03. The van der Waals surface area contributed by atoms with Crippen molar-refractivity contribution in [3.8, 4) is 0 Å². The number of hydrogen-bond donors (Lipinski definition) is 0. The SMILES string of the molecule is [S]CCCc1cscn1. The quantitative estimate of drug-likeness (QED) is 0.657. The standard InChI is InChI=1S/C6H8NS2/c8-3-1-2-6-4-9-5-7-6/h4-5H,1-3H2. The van der Waals surface area contributed by atoms with E-state index in [9.17, 15) is 0 Å². The van der Waals surface area contributed by atoms with Crippen LogP contribution < -0.4 is 0 Å². The lowest BCUT2D eigenvalue weighted by molar-refractivity contribution is 0.905. The summed E-state index contributed by atoms with van der Waals surface area (Å²) in [5.74, 6) is 0.845. The number of aromatic nitrogens is 1. The lowest BCUT2D eigenvalue weighted by Crippen LogP contribution is -1.84. The number of rotatable bonds is 3. The van der Waals surface area contributed by atoms with Crippen molar-refractivity contribution in [2.45, 2.75) is 12.8 Å². The molecule has 1 heterocycles. The van der Waals surface area contributed by atoms with Crippen LogP contribution in [0.25, 0.3) is 0 Å². The molecule has 0 bridgehead atoms. The highest BCUT2D eigenvalue weighted by molar-refractivity contribution is 7.80. The second kappa shape index (κ2) is 3.90. The van der Waals surface area contributed by atoms with Gasteiger partial charge in [0.2, 0.25) is 0 Å². The fraction of sp³-hybridized carbons (Fsp3) is 0.500. The van der Waals surface area contributed by atoms with Gasteiger partial charge in [0.1, 0.15) is 0 Å². The van der Waals surface area contributed by atoms with Crippen LogP contribution in [0.3, 0.4) is 0 Å². The third-order valence-corrected chi connectivity index (χ3v) is 1.98. The molecule has 0 fully saturated rings. The number of nitrogens with zero attached hydrogens (tertiary/aromatic N) is 1. The van der Waals surface area contributed by atoms with Gasteiger partial charge in [-0.1, -0.05) is 12.6 Å². The number of aryl methyl sites for hydroxylation is 1. The van der Waals surface area contributed by atoms with E-state index >= 15 is 0 Å². The number of hydrogen-bond acceptors (Lipinski definition) is 2. The van der Waals surface area contributed by atoms with Crippen LogP contribution in [0.1, 0.15) is 12.1 Å². The van der Waals surface area contributed by atoms with Crippen molar-refractivity contribution in [2.24, 2.45) is 0 Å². The summed E-state index contributed by atoms with van der Waals surface area (Å²) in [6, 6.07) is 0. The van der Waals surface area contributed by atoms with E-state index in [2.05, 4.69) is 10.4 Å². The zero-order valence-corrected chi connectivity index (χ0v) is 6.67. The van der Waals surface area contributed by atoms with Crippen LogP contribution in [0.5, 0.6) is 0 Å². The molecule has 0 aliphatic heterocycles. The van der Waals surface area contributed by atoms with Crippen LogP contribution in [-0.2, 0) is 6.42 Å². The lowest BCUT2D eigenvalue weighted by atomic mass is 10.3. The van der Waals surface area contributed by atoms with Crippen molar-refractivity contribution in [1.29, 1.82) is 0 Å². The summed E-state index contributed by atoms with van der Waals surface area (Å²) < 4.78 is 0. The first-order valence-electron chi connectivity index (χ1n) is 2.88. The monoisotopic (exact) mass is 158 g/mol. The Bertz CT molecular complexity index is 148. The van der Waals surface area contributed by atoms with Gasteiger partial charge in [0.25, 0.3) is 0 Å². The molecule has 1 rings (SSSR count). The second-order valence-corrected chi connectivity index (χ2v) is 2.91. The van der Waals surface area contributed by atoms with Gasteiger partial charge >= 0.3 is 0 Å². The minimum Gasteiger partial charge on any atom is -0.250 e. The average molecular weight is 158 g/mol. The van der Waals surface area contributed by atoms with Crippen molar-refractivity contribution in [1.82, 2.24) is 4.98 Å². The molecular weight excluding hydrogens is 150 g/mol. The van der Waals surface area contributed by atoms with E-state index in [1.807, 2.05) is 5.51 Å². The van der Waals surface area contributed by atoms with Gasteiger partial charge in [0.15, 0.2) is 0 Å². The molecule has 0 aliphatic carbocycles. The van der Waals surface area contributed by atoms with Gasteiger partial charge in [0.05, 0.1) is 11.2 Å². The third-order valence-electron chi connectivity index (χ3n) is 1.06. The minimum absolute atomic E-state index is 0.845. The molecule has 1 aromatic rings. The molecule has 1 radical (unpaired) electrons. The van der Waals surface area contributed by atoms with Crippen molar-refractivity contribution in [2.75, 3.05) is 5.75 Å². The van der Waals surface area contributed by atoms with E-state index in [4.69, 9.17) is 12.6 Å². The molecule has 1 nitrogen and oxygen atoms in total. The van der Waals surface area contributed by atoms with Gasteiger partial charge < -0.3 is 0 Å². The Balaban J connectivity index is 2.30. The summed E-state index contributed by atoms with van der Waals surface area (Å²) in [5.41, 5.74) is 3.04. The predicted molar refractivity (Wildman–Crippen MR) is 42.9 cm³/mol. The van der Waals surface area contributed by atoms with Crippen LogP contribution in [-0.4, -0.2) is 10.7 Å². The average Bonchev–Trinajstić information content (AvgIpc) is 2.34. The Morgan fingerprint density at radius 3 is 3.11 bits per heavy atom. The van der Waals surface area contributed by atoms with Gasteiger partial charge in [-0.3, -0.25) is 0 Å². The Kier molecular flexibility index (Phi) is 3.08. The number of thiazole rings is 1. The second-order valence-electron chi connectivity index (χ2n) is 1.79. The molecule has 9 heavy (non-hydrogen) atoms. The van der Waals surface area contributed by atoms with Gasteiger partial charge in [-0.15, -0.1) is 11.3 Å². The fourth-order valence-electron chi connectivity index (χ4n) is 0.614. The lowest BCUT2D eigenvalue weighted by Gasteiger charge is -1.88. The van der Waals surface area contributed by atoms with Crippen LogP contribution in [0.15, 0.2) is 10.9 Å². The summed E-state index contributed by atoms with van der Waals surface area (Å²) in [7, 11) is 0. The summed E-state index contributed by atoms with van der Waals surface area (Å²) in [5, 5.41) is 2.07. The van der Waals surface area contributed by atoms with Gasteiger partial charge in [0, 0.05) is 11.1 Å². The van der Waals surface area contributed by atoms with Crippen molar-refractivity contribution < 1.29 is 0 Å². The molecule has 0 saturated heterocycles. The van der Waals surface area contributed by atoms with E-state index in [0.717, 1.165) is 18.6 Å². The molecule has 3 heteroatoms. The Labute approximate surface area is 64.5 Å². The molecule has 49 valence electrons. The Hall–Kier alpha value is -0.0200.